The third-order valence-electron chi connectivity index (χ3n) is 3.09. The Kier molecular flexibility index (Phi) is 6.75. The van der Waals surface area contributed by atoms with Gasteiger partial charge < -0.3 is 20.9 Å². The molecule has 2 rings (SSSR count). The van der Waals surface area contributed by atoms with Crippen molar-refractivity contribution in [3.63, 3.8) is 0 Å². The van der Waals surface area contributed by atoms with Gasteiger partial charge in [0.2, 0.25) is 5.51 Å². The molecule has 0 fully saturated rings. The molecule has 2 heterocycles. The van der Waals surface area contributed by atoms with Crippen LogP contribution in [0.5, 0.6) is 0 Å². The number of nitrogens with zero attached hydrogens (tertiary/aromatic N) is 2. The number of aromatic nitrogens is 3. The molecule has 0 unspecified atom stereocenters. The van der Waals surface area contributed by atoms with E-state index in [2.05, 4.69) is 14.5 Å². The smallest absolute Gasteiger partial charge is 0.344 e. The summed E-state index contributed by atoms with van der Waals surface area (Å²) in [5.74, 6) is 0.566. The van der Waals surface area contributed by atoms with Gasteiger partial charge in [-0.2, -0.15) is 4.57 Å². The second-order valence-corrected chi connectivity index (χ2v) is 6.94. The maximum atomic E-state index is 11.8. The van der Waals surface area contributed by atoms with Crippen molar-refractivity contribution in [2.24, 2.45) is 0 Å². The summed E-state index contributed by atoms with van der Waals surface area (Å²) < 4.78 is 17.0. The van der Waals surface area contributed by atoms with Gasteiger partial charge in [0.05, 0.1) is 11.5 Å². The molecular weight excluding hydrogens is 343 g/mol. The summed E-state index contributed by atoms with van der Waals surface area (Å²) in [5.41, 5.74) is 3.17. The van der Waals surface area contributed by atoms with Crippen molar-refractivity contribution in [3.8, 4) is 0 Å². The fourth-order valence-electron chi connectivity index (χ4n) is 1.91. The van der Waals surface area contributed by atoms with E-state index < -0.39 is 7.82 Å². The first-order chi connectivity index (χ1) is 10.3. The highest BCUT2D eigenvalue weighted by molar-refractivity contribution is 7.46. The van der Waals surface area contributed by atoms with Crippen LogP contribution >= 0.6 is 19.2 Å². The summed E-state index contributed by atoms with van der Waals surface area (Å²) in [4.78, 5) is 36.8. The minimum atomic E-state index is -4.43. The van der Waals surface area contributed by atoms with Gasteiger partial charge in [-0.15, -0.1) is 0 Å². The number of phosphoric ester groups is 1. The Morgan fingerprint density at radius 3 is 2.74 bits per heavy atom. The van der Waals surface area contributed by atoms with Crippen molar-refractivity contribution in [2.75, 3.05) is 6.61 Å². The van der Waals surface area contributed by atoms with E-state index in [1.165, 1.54) is 11.3 Å². The molecule has 0 aliphatic heterocycles. The van der Waals surface area contributed by atoms with E-state index in [4.69, 9.17) is 9.79 Å². The van der Waals surface area contributed by atoms with Crippen LogP contribution in [0.4, 0.5) is 0 Å². The zero-order valence-electron chi connectivity index (χ0n) is 12.9. The summed E-state index contributed by atoms with van der Waals surface area (Å²) in [5, 5.41) is 0. The first-order valence-corrected chi connectivity index (χ1v) is 8.88. The Morgan fingerprint density at radius 2 is 2.13 bits per heavy atom. The number of thiazole rings is 1. The van der Waals surface area contributed by atoms with Crippen molar-refractivity contribution >= 4 is 19.2 Å². The average molecular weight is 363 g/mol. The molecule has 128 valence electrons. The van der Waals surface area contributed by atoms with Crippen molar-refractivity contribution in [1.29, 1.82) is 0 Å². The lowest BCUT2D eigenvalue weighted by Gasteiger charge is -2.03. The molecule has 2 aromatic heterocycles. The van der Waals surface area contributed by atoms with E-state index in [-0.39, 0.29) is 18.3 Å². The maximum Gasteiger partial charge on any atom is 0.469 e. The van der Waals surface area contributed by atoms with Crippen molar-refractivity contribution in [2.45, 2.75) is 26.8 Å². The Morgan fingerprint density at radius 1 is 1.43 bits per heavy atom. The summed E-state index contributed by atoms with van der Waals surface area (Å²) in [7, 11) is -4.43. The fourth-order valence-corrected chi connectivity index (χ4v) is 3.22. The highest BCUT2D eigenvalue weighted by Gasteiger charge is 2.19. The van der Waals surface area contributed by atoms with Gasteiger partial charge in [0.1, 0.15) is 11.4 Å². The second kappa shape index (κ2) is 7.91. The summed E-state index contributed by atoms with van der Waals surface area (Å²) in [6, 6.07) is 0. The number of rotatable bonds is 6. The van der Waals surface area contributed by atoms with Crippen LogP contribution in [0.1, 0.15) is 22.0 Å². The quantitative estimate of drug-likeness (QED) is 0.433. The Labute approximate surface area is 136 Å². The standard InChI is InChI=1S/C12H16N3O5PS.H3N/c1-8-11(3-4-20-21(17,18)19)22-7-15(8)6-10-5-13-9(2)14-12(10)16;/h5,7H,3-4,6H2,1-2H3,(H2-,13,14,16,17,18,19);1H3/p+1. The molecule has 0 saturated carbocycles. The predicted molar refractivity (Wildman–Crippen MR) is 84.7 cm³/mol. The molecule has 0 atom stereocenters. The van der Waals surface area contributed by atoms with E-state index in [9.17, 15) is 9.36 Å². The summed E-state index contributed by atoms with van der Waals surface area (Å²) in [6.45, 7) is 3.94. The number of H-pyrrole nitrogens is 1. The third kappa shape index (κ3) is 5.61. The molecule has 0 radical (unpaired) electrons. The number of aryl methyl sites for hydroxylation is 1. The Hall–Kier alpha value is -1.42. The predicted octanol–water partition coefficient (Wildman–Crippen LogP) is 0.598. The van der Waals surface area contributed by atoms with Gasteiger partial charge in [-0.05, 0) is 6.92 Å². The molecule has 0 bridgehead atoms. The van der Waals surface area contributed by atoms with E-state index in [1.807, 2.05) is 17.0 Å². The molecule has 2 aromatic rings. The third-order valence-corrected chi connectivity index (χ3v) is 4.75. The zero-order chi connectivity index (χ0) is 16.3. The van der Waals surface area contributed by atoms with Crippen LogP contribution in [0.15, 0.2) is 16.5 Å². The average Bonchev–Trinajstić information content (AvgIpc) is 2.73. The Balaban J connectivity index is 0.00000264. The minimum Gasteiger partial charge on any atom is -0.344 e. The molecular formula is C12H20N4O5PS+. The molecule has 0 spiro atoms. The second-order valence-electron chi connectivity index (χ2n) is 4.76. The molecule has 0 amide bonds. The highest BCUT2D eigenvalue weighted by Crippen LogP contribution is 2.35. The molecule has 23 heavy (non-hydrogen) atoms. The topological polar surface area (TPSA) is 151 Å². The van der Waals surface area contributed by atoms with E-state index >= 15 is 0 Å². The number of phosphoric acid groups is 1. The lowest BCUT2D eigenvalue weighted by atomic mass is 10.3. The van der Waals surface area contributed by atoms with Gasteiger partial charge in [0.25, 0.3) is 5.56 Å². The van der Waals surface area contributed by atoms with Gasteiger partial charge in [0.15, 0.2) is 12.2 Å². The largest absolute Gasteiger partial charge is 0.469 e. The van der Waals surface area contributed by atoms with Crippen LogP contribution in [0.25, 0.3) is 0 Å². The van der Waals surface area contributed by atoms with Crippen LogP contribution in [-0.4, -0.2) is 26.4 Å². The molecule has 6 N–H and O–H groups in total. The number of nitrogens with one attached hydrogen (secondary N) is 1. The first-order valence-electron chi connectivity index (χ1n) is 6.47. The van der Waals surface area contributed by atoms with E-state index in [0.717, 1.165) is 10.6 Å². The molecule has 11 heteroatoms. The van der Waals surface area contributed by atoms with Gasteiger partial charge in [-0.1, -0.05) is 11.3 Å². The summed E-state index contributed by atoms with van der Waals surface area (Å²) >= 11 is 1.45. The molecule has 0 aromatic carbocycles. The van der Waals surface area contributed by atoms with Crippen molar-refractivity contribution < 1.29 is 23.4 Å². The lowest BCUT2D eigenvalue weighted by Crippen LogP contribution is -2.37. The lowest BCUT2D eigenvalue weighted by molar-refractivity contribution is -0.689. The van der Waals surface area contributed by atoms with E-state index in [0.29, 0.717) is 24.4 Å². The number of hydrogen-bond donors (Lipinski definition) is 4. The summed E-state index contributed by atoms with van der Waals surface area (Å²) in [6.07, 6.45) is 1.95. The minimum absolute atomic E-state index is 0. The maximum absolute atomic E-state index is 11.8. The Bertz CT molecular complexity index is 769. The SMILES string of the molecule is Cc1ncc(C[n+]2csc(CCOP(=O)(O)O)c2C)c(=O)[nH]1.N. The van der Waals surface area contributed by atoms with Crippen LogP contribution < -0.4 is 16.3 Å². The van der Waals surface area contributed by atoms with Crippen LogP contribution in [-0.2, 0) is 22.1 Å². The van der Waals surface area contributed by atoms with Crippen molar-refractivity contribution in [1.82, 2.24) is 16.1 Å². The zero-order valence-corrected chi connectivity index (χ0v) is 14.6. The van der Waals surface area contributed by atoms with Gasteiger partial charge in [-0.25, -0.2) is 9.55 Å². The van der Waals surface area contributed by atoms with Crippen molar-refractivity contribution in [3.05, 3.63) is 44.0 Å². The van der Waals surface area contributed by atoms with Gasteiger partial charge in [-0.3, -0.25) is 9.32 Å². The van der Waals surface area contributed by atoms with E-state index in [1.54, 1.807) is 13.1 Å². The number of hydrogen-bond acceptors (Lipinski definition) is 6. The van der Waals surface area contributed by atoms with Crippen LogP contribution in [0.2, 0.25) is 0 Å². The molecule has 9 nitrogen and oxygen atoms in total. The van der Waals surface area contributed by atoms with Gasteiger partial charge >= 0.3 is 7.82 Å². The van der Waals surface area contributed by atoms with Crippen LogP contribution in [0.3, 0.4) is 0 Å². The molecule has 0 saturated heterocycles. The molecule has 0 aliphatic carbocycles. The monoisotopic (exact) mass is 363 g/mol. The normalized spacial score (nSPS) is 11.3. The highest BCUT2D eigenvalue weighted by atomic mass is 32.1. The van der Waals surface area contributed by atoms with Crippen LogP contribution in [0, 0.1) is 13.8 Å². The number of aromatic amines is 1. The van der Waals surface area contributed by atoms with Gasteiger partial charge in [0, 0.05) is 19.5 Å². The molecule has 0 aliphatic rings. The fraction of sp³-hybridized carbons (Fsp3) is 0.417. The first kappa shape index (κ1) is 19.6.